The normalized spacial score (nSPS) is 12.8. The fourth-order valence-electron chi connectivity index (χ4n) is 2.72. The predicted molar refractivity (Wildman–Crippen MR) is 96.4 cm³/mol. The van der Waals surface area contributed by atoms with E-state index in [0.29, 0.717) is 5.56 Å². The first-order valence-corrected chi connectivity index (χ1v) is 8.89. The van der Waals surface area contributed by atoms with Crippen LogP contribution in [0.4, 0.5) is 0 Å². The molecule has 0 saturated heterocycles. The number of hydrogen-bond acceptors (Lipinski definition) is 7. The van der Waals surface area contributed by atoms with E-state index in [4.69, 9.17) is 9.47 Å². The van der Waals surface area contributed by atoms with E-state index < -0.39 is 35.7 Å². The zero-order chi connectivity index (χ0) is 20.8. The number of aryl methyl sites for hydroxylation is 1. The molecule has 0 aromatic heterocycles. The first-order chi connectivity index (χ1) is 13.3. The summed E-state index contributed by atoms with van der Waals surface area (Å²) in [6.07, 6.45) is -0.278. The van der Waals surface area contributed by atoms with Crippen LogP contribution in [-0.2, 0) is 23.9 Å². The molecule has 0 atom stereocenters. The van der Waals surface area contributed by atoms with Crippen molar-refractivity contribution >= 4 is 29.7 Å². The number of nitrogens with zero attached hydrogens (tertiary/aromatic N) is 1. The molecular formula is C19H22N2O7. The average molecular weight is 390 g/mol. The zero-order valence-corrected chi connectivity index (χ0v) is 15.9. The number of fused-ring (bicyclic) bond motifs is 1. The van der Waals surface area contributed by atoms with Crippen molar-refractivity contribution in [1.29, 1.82) is 0 Å². The smallest absolute Gasteiger partial charge is 0.340 e. The average Bonchev–Trinajstić information content (AvgIpc) is 2.88. The minimum absolute atomic E-state index is 0.0269. The fourth-order valence-corrected chi connectivity index (χ4v) is 2.72. The molecule has 0 aliphatic carbocycles. The van der Waals surface area contributed by atoms with Crippen LogP contribution in [0.2, 0.25) is 0 Å². The lowest BCUT2D eigenvalue weighted by atomic mass is 10.1. The molecule has 1 aliphatic heterocycles. The van der Waals surface area contributed by atoms with Gasteiger partial charge in [-0.1, -0.05) is 11.6 Å². The third kappa shape index (κ3) is 4.54. The first-order valence-electron chi connectivity index (χ1n) is 8.89. The summed E-state index contributed by atoms with van der Waals surface area (Å²) in [6, 6.07) is 3.32. The Morgan fingerprint density at radius 2 is 1.57 bits per heavy atom. The van der Waals surface area contributed by atoms with Crippen molar-refractivity contribution < 1.29 is 33.4 Å². The molecule has 0 bridgehead atoms. The predicted octanol–water partition coefficient (Wildman–Crippen LogP) is 0.592. The van der Waals surface area contributed by atoms with Crippen LogP contribution < -0.4 is 5.32 Å². The number of rotatable bonds is 8. The first kappa shape index (κ1) is 21.1. The van der Waals surface area contributed by atoms with Crippen molar-refractivity contribution in [2.75, 3.05) is 19.8 Å². The van der Waals surface area contributed by atoms with E-state index in [0.717, 1.165) is 10.5 Å². The van der Waals surface area contributed by atoms with E-state index in [1.165, 1.54) is 0 Å². The van der Waals surface area contributed by atoms with Crippen molar-refractivity contribution in [1.82, 2.24) is 10.2 Å². The molecule has 1 aliphatic rings. The maximum absolute atomic E-state index is 12.4. The van der Waals surface area contributed by atoms with Gasteiger partial charge in [-0.3, -0.25) is 19.3 Å². The van der Waals surface area contributed by atoms with Crippen LogP contribution in [0.15, 0.2) is 18.2 Å². The van der Waals surface area contributed by atoms with Gasteiger partial charge in [0.1, 0.15) is 0 Å². The molecule has 0 radical (unpaired) electrons. The molecule has 28 heavy (non-hydrogen) atoms. The number of nitrogens with one attached hydrogen (secondary N) is 1. The Balaban J connectivity index is 2.01. The summed E-state index contributed by atoms with van der Waals surface area (Å²) >= 11 is 0. The van der Waals surface area contributed by atoms with Gasteiger partial charge in [-0.05, 0) is 32.9 Å². The number of imide groups is 1. The highest BCUT2D eigenvalue weighted by Gasteiger charge is 2.36. The van der Waals surface area contributed by atoms with Gasteiger partial charge in [-0.2, -0.15) is 0 Å². The number of carbonyl (C=O) groups is 5. The van der Waals surface area contributed by atoms with Crippen molar-refractivity contribution in [3.05, 3.63) is 34.9 Å². The summed E-state index contributed by atoms with van der Waals surface area (Å²) in [5, 5.41) is 2.23. The second-order valence-corrected chi connectivity index (χ2v) is 6.07. The fraction of sp³-hybridized carbons (Fsp3) is 0.421. The Hall–Kier alpha value is -3.23. The number of benzene rings is 1. The number of hydrogen-bond donors (Lipinski definition) is 1. The van der Waals surface area contributed by atoms with Gasteiger partial charge in [-0.15, -0.1) is 0 Å². The molecule has 1 N–H and O–H groups in total. The van der Waals surface area contributed by atoms with Gasteiger partial charge >= 0.3 is 11.9 Å². The SMILES string of the molecule is CCOC(=O)C(NC(=O)CCN1C(=O)c2ccc(C)cc2C1=O)C(=O)OCC. The highest BCUT2D eigenvalue weighted by molar-refractivity contribution is 6.21. The second kappa shape index (κ2) is 9.12. The van der Waals surface area contributed by atoms with Gasteiger partial charge in [0.25, 0.3) is 11.8 Å². The monoisotopic (exact) mass is 390 g/mol. The molecule has 1 aromatic rings. The van der Waals surface area contributed by atoms with Crippen LogP contribution in [0.25, 0.3) is 0 Å². The summed E-state index contributed by atoms with van der Waals surface area (Å²) in [6.45, 7) is 4.80. The van der Waals surface area contributed by atoms with E-state index in [1.807, 2.05) is 0 Å². The number of amides is 3. The van der Waals surface area contributed by atoms with Crippen molar-refractivity contribution in [3.8, 4) is 0 Å². The molecule has 1 heterocycles. The van der Waals surface area contributed by atoms with Crippen LogP contribution >= 0.6 is 0 Å². The van der Waals surface area contributed by atoms with Crippen molar-refractivity contribution in [2.24, 2.45) is 0 Å². The Kier molecular flexibility index (Phi) is 6.86. The van der Waals surface area contributed by atoms with E-state index in [2.05, 4.69) is 5.32 Å². The zero-order valence-electron chi connectivity index (χ0n) is 15.9. The van der Waals surface area contributed by atoms with Gasteiger partial charge in [0.2, 0.25) is 11.9 Å². The Labute approximate surface area is 162 Å². The molecule has 9 heteroatoms. The van der Waals surface area contributed by atoms with Crippen LogP contribution in [0.5, 0.6) is 0 Å². The van der Waals surface area contributed by atoms with Crippen LogP contribution in [0, 0.1) is 6.92 Å². The van der Waals surface area contributed by atoms with Crippen molar-refractivity contribution in [3.63, 3.8) is 0 Å². The number of ether oxygens (including phenoxy) is 2. The maximum Gasteiger partial charge on any atom is 0.340 e. The highest BCUT2D eigenvalue weighted by atomic mass is 16.6. The van der Waals surface area contributed by atoms with E-state index in [-0.39, 0.29) is 31.7 Å². The molecule has 3 amide bonds. The molecule has 1 aromatic carbocycles. The lowest BCUT2D eigenvalue weighted by Gasteiger charge is -2.17. The largest absolute Gasteiger partial charge is 0.464 e. The molecule has 9 nitrogen and oxygen atoms in total. The van der Waals surface area contributed by atoms with Gasteiger partial charge in [0.05, 0.1) is 24.3 Å². The summed E-state index contributed by atoms with van der Waals surface area (Å²) in [7, 11) is 0. The van der Waals surface area contributed by atoms with Crippen LogP contribution in [0.1, 0.15) is 46.5 Å². The highest BCUT2D eigenvalue weighted by Crippen LogP contribution is 2.23. The number of carbonyl (C=O) groups excluding carboxylic acids is 5. The Bertz CT molecular complexity index is 801. The molecule has 0 spiro atoms. The molecule has 2 rings (SSSR count). The molecule has 0 saturated carbocycles. The van der Waals surface area contributed by atoms with Gasteiger partial charge in [0.15, 0.2) is 0 Å². The van der Waals surface area contributed by atoms with Crippen LogP contribution in [0.3, 0.4) is 0 Å². The van der Waals surface area contributed by atoms with Gasteiger partial charge in [0, 0.05) is 13.0 Å². The van der Waals surface area contributed by atoms with E-state index >= 15 is 0 Å². The molecule has 150 valence electrons. The Morgan fingerprint density at radius 1 is 1.00 bits per heavy atom. The summed E-state index contributed by atoms with van der Waals surface area (Å²) in [5.41, 5.74) is 1.42. The molecule has 0 unspecified atom stereocenters. The van der Waals surface area contributed by atoms with E-state index in [9.17, 15) is 24.0 Å². The minimum atomic E-state index is -1.60. The minimum Gasteiger partial charge on any atom is -0.464 e. The second-order valence-electron chi connectivity index (χ2n) is 6.07. The molecule has 0 fully saturated rings. The third-order valence-corrected chi connectivity index (χ3v) is 4.04. The van der Waals surface area contributed by atoms with Crippen LogP contribution in [-0.4, -0.2) is 60.4 Å². The van der Waals surface area contributed by atoms with Gasteiger partial charge in [-0.25, -0.2) is 9.59 Å². The third-order valence-electron chi connectivity index (χ3n) is 4.04. The standard InChI is InChI=1S/C19H22N2O7/c1-4-27-18(25)15(19(26)28-5-2)20-14(22)8-9-21-16(23)12-7-6-11(3)10-13(12)17(21)24/h6-7,10,15H,4-5,8-9H2,1-3H3,(H,20,22). The van der Waals surface area contributed by atoms with E-state index in [1.54, 1.807) is 39.0 Å². The molecular weight excluding hydrogens is 368 g/mol. The number of esters is 2. The lowest BCUT2D eigenvalue weighted by Crippen LogP contribution is -2.49. The van der Waals surface area contributed by atoms with Crippen molar-refractivity contribution in [2.45, 2.75) is 33.2 Å². The quantitative estimate of drug-likeness (QED) is 0.392. The Morgan fingerprint density at radius 3 is 2.14 bits per heavy atom. The topological polar surface area (TPSA) is 119 Å². The summed E-state index contributed by atoms with van der Waals surface area (Å²) in [4.78, 5) is 61.7. The summed E-state index contributed by atoms with van der Waals surface area (Å²) in [5.74, 6) is -3.54. The maximum atomic E-state index is 12.4. The summed E-state index contributed by atoms with van der Waals surface area (Å²) < 4.78 is 9.53. The lowest BCUT2D eigenvalue weighted by molar-refractivity contribution is -0.159. The van der Waals surface area contributed by atoms with Gasteiger partial charge < -0.3 is 14.8 Å².